The molecule has 8 nitrogen and oxygen atoms in total. The average Bonchev–Trinajstić information content (AvgIpc) is 3.21. The fourth-order valence-electron chi connectivity index (χ4n) is 4.68. The van der Waals surface area contributed by atoms with Crippen molar-refractivity contribution in [1.29, 1.82) is 0 Å². The van der Waals surface area contributed by atoms with Crippen molar-refractivity contribution >= 4 is 27.5 Å². The molecule has 9 heteroatoms. The van der Waals surface area contributed by atoms with Gasteiger partial charge in [0, 0.05) is 50.7 Å². The summed E-state index contributed by atoms with van der Waals surface area (Å²) in [5.41, 5.74) is 1.63. The number of benzene rings is 1. The highest BCUT2D eigenvalue weighted by Gasteiger charge is 2.33. The Labute approximate surface area is 184 Å². The van der Waals surface area contributed by atoms with Gasteiger partial charge in [-0.2, -0.15) is 4.31 Å². The summed E-state index contributed by atoms with van der Waals surface area (Å²) in [6, 6.07) is 5.08. The molecule has 4 rings (SSSR count). The van der Waals surface area contributed by atoms with Crippen LogP contribution in [0.15, 0.2) is 23.1 Å². The molecule has 0 aromatic heterocycles. The number of hydrogen-bond donors (Lipinski definition) is 0. The summed E-state index contributed by atoms with van der Waals surface area (Å²) in [5, 5.41) is 0. The Morgan fingerprint density at radius 1 is 1.03 bits per heavy atom. The molecule has 2 fully saturated rings. The van der Waals surface area contributed by atoms with Crippen molar-refractivity contribution < 1.29 is 22.7 Å². The van der Waals surface area contributed by atoms with Gasteiger partial charge in [-0.05, 0) is 49.9 Å². The Bertz CT molecular complexity index is 942. The van der Waals surface area contributed by atoms with Gasteiger partial charge >= 0.3 is 0 Å². The summed E-state index contributed by atoms with van der Waals surface area (Å²) in [7, 11) is -3.53. The molecule has 0 radical (unpaired) electrons. The third-order valence-electron chi connectivity index (χ3n) is 6.51. The van der Waals surface area contributed by atoms with Gasteiger partial charge in [0.1, 0.15) is 0 Å². The van der Waals surface area contributed by atoms with E-state index < -0.39 is 10.0 Å². The van der Waals surface area contributed by atoms with Crippen LogP contribution in [-0.2, 0) is 30.8 Å². The topological polar surface area (TPSA) is 87.2 Å². The predicted molar refractivity (Wildman–Crippen MR) is 116 cm³/mol. The van der Waals surface area contributed by atoms with Crippen molar-refractivity contribution in [2.24, 2.45) is 0 Å². The van der Waals surface area contributed by atoms with E-state index in [2.05, 4.69) is 0 Å². The Balaban J connectivity index is 1.42. The molecule has 3 aliphatic heterocycles. The third-order valence-corrected chi connectivity index (χ3v) is 8.52. The summed E-state index contributed by atoms with van der Waals surface area (Å²) < 4.78 is 33.1. The molecule has 3 heterocycles. The first-order valence-corrected chi connectivity index (χ1v) is 12.6. The Morgan fingerprint density at radius 3 is 2.52 bits per heavy atom. The zero-order valence-electron chi connectivity index (χ0n) is 18.1. The van der Waals surface area contributed by atoms with Crippen LogP contribution in [0.5, 0.6) is 0 Å². The first kappa shape index (κ1) is 22.2. The van der Waals surface area contributed by atoms with E-state index in [-0.39, 0.29) is 30.7 Å². The van der Waals surface area contributed by atoms with Crippen LogP contribution in [0, 0.1) is 0 Å². The van der Waals surface area contributed by atoms with E-state index in [9.17, 15) is 18.0 Å². The van der Waals surface area contributed by atoms with Gasteiger partial charge in [0.2, 0.25) is 21.8 Å². The van der Waals surface area contributed by atoms with E-state index in [0.29, 0.717) is 50.7 Å². The van der Waals surface area contributed by atoms with Gasteiger partial charge in [0.25, 0.3) is 0 Å². The number of carbonyl (C=O) groups excluding carboxylic acids is 2. The number of amides is 2. The lowest BCUT2D eigenvalue weighted by Crippen LogP contribution is -2.41. The van der Waals surface area contributed by atoms with Gasteiger partial charge in [-0.25, -0.2) is 8.42 Å². The number of sulfonamides is 1. The Hall–Kier alpha value is -1.97. The minimum atomic E-state index is -3.53. The normalized spacial score (nSPS) is 22.4. The maximum atomic E-state index is 13.1. The summed E-state index contributed by atoms with van der Waals surface area (Å²) >= 11 is 0. The molecule has 2 amide bonds. The van der Waals surface area contributed by atoms with E-state index in [4.69, 9.17) is 4.74 Å². The van der Waals surface area contributed by atoms with Crippen LogP contribution in [0.3, 0.4) is 0 Å². The second-order valence-corrected chi connectivity index (χ2v) is 10.4. The van der Waals surface area contributed by atoms with Crippen LogP contribution in [0.1, 0.15) is 44.6 Å². The van der Waals surface area contributed by atoms with E-state index in [0.717, 1.165) is 30.5 Å². The molecule has 1 aromatic rings. The maximum Gasteiger partial charge on any atom is 0.243 e. The van der Waals surface area contributed by atoms with Crippen molar-refractivity contribution in [3.05, 3.63) is 23.8 Å². The lowest BCUT2D eigenvalue weighted by molar-refractivity contribution is -0.136. The van der Waals surface area contributed by atoms with Crippen LogP contribution in [-0.4, -0.2) is 74.9 Å². The quantitative estimate of drug-likeness (QED) is 0.684. The molecule has 0 aliphatic carbocycles. The SMILES string of the molecule is C[C@@H]1CCCCN1S(=O)(=O)c1ccc2c(c1)CCN2C(=O)CCC(=O)N1CCOCC1. The number of anilines is 1. The molecular weight excluding hydrogens is 418 g/mol. The number of rotatable bonds is 5. The number of piperidine rings is 1. The number of ether oxygens (including phenoxy) is 1. The maximum absolute atomic E-state index is 13.1. The number of fused-ring (bicyclic) bond motifs is 1. The highest BCUT2D eigenvalue weighted by molar-refractivity contribution is 7.89. The molecule has 1 atom stereocenters. The number of carbonyl (C=O) groups is 2. The second-order valence-electron chi connectivity index (χ2n) is 8.54. The highest BCUT2D eigenvalue weighted by Crippen LogP contribution is 2.33. The van der Waals surface area contributed by atoms with Crippen molar-refractivity contribution in [2.75, 3.05) is 44.3 Å². The summed E-state index contributed by atoms with van der Waals surface area (Å²) in [4.78, 5) is 28.8. The van der Waals surface area contributed by atoms with Crippen LogP contribution in [0.2, 0.25) is 0 Å². The first-order chi connectivity index (χ1) is 14.9. The highest BCUT2D eigenvalue weighted by atomic mass is 32.2. The van der Waals surface area contributed by atoms with E-state index in [1.54, 1.807) is 32.3 Å². The molecule has 0 bridgehead atoms. The van der Waals surface area contributed by atoms with Gasteiger partial charge < -0.3 is 14.5 Å². The smallest absolute Gasteiger partial charge is 0.243 e. The zero-order chi connectivity index (χ0) is 22.0. The van der Waals surface area contributed by atoms with Crippen LogP contribution >= 0.6 is 0 Å². The summed E-state index contributed by atoms with van der Waals surface area (Å²) in [6.07, 6.45) is 3.79. The number of hydrogen-bond acceptors (Lipinski definition) is 5. The lowest BCUT2D eigenvalue weighted by atomic mass is 10.1. The lowest BCUT2D eigenvalue weighted by Gasteiger charge is -2.32. The molecular formula is C22H31N3O5S. The van der Waals surface area contributed by atoms with E-state index in [1.165, 1.54) is 0 Å². The van der Waals surface area contributed by atoms with Crippen molar-refractivity contribution in [2.45, 2.75) is 56.4 Å². The predicted octanol–water partition coefficient (Wildman–Crippen LogP) is 1.78. The molecule has 1 aromatic carbocycles. The minimum absolute atomic E-state index is 0.00841. The zero-order valence-corrected chi connectivity index (χ0v) is 18.9. The largest absolute Gasteiger partial charge is 0.378 e. The number of morpholine rings is 1. The van der Waals surface area contributed by atoms with Gasteiger partial charge in [-0.15, -0.1) is 0 Å². The van der Waals surface area contributed by atoms with Crippen molar-refractivity contribution in [3.63, 3.8) is 0 Å². The third kappa shape index (κ3) is 4.63. The van der Waals surface area contributed by atoms with Crippen molar-refractivity contribution in [1.82, 2.24) is 9.21 Å². The minimum Gasteiger partial charge on any atom is -0.378 e. The van der Waals surface area contributed by atoms with Crippen molar-refractivity contribution in [3.8, 4) is 0 Å². The molecule has 0 N–H and O–H groups in total. The van der Waals surface area contributed by atoms with Crippen LogP contribution in [0.25, 0.3) is 0 Å². The van der Waals surface area contributed by atoms with Gasteiger partial charge in [-0.3, -0.25) is 9.59 Å². The second kappa shape index (κ2) is 9.26. The fraction of sp³-hybridized carbons (Fsp3) is 0.636. The standard InChI is InChI=1S/C22H31N3O5S/c1-17-4-2-3-10-25(17)31(28,29)19-5-6-20-18(16-19)9-11-24(20)22(27)8-7-21(26)23-12-14-30-15-13-23/h5-6,16-17H,2-4,7-15H2,1H3/t17-/m1/s1. The van der Waals surface area contributed by atoms with E-state index >= 15 is 0 Å². The molecule has 3 aliphatic rings. The van der Waals surface area contributed by atoms with Gasteiger partial charge in [0.15, 0.2) is 0 Å². The van der Waals surface area contributed by atoms with Gasteiger partial charge in [0.05, 0.1) is 18.1 Å². The first-order valence-electron chi connectivity index (χ1n) is 11.2. The summed E-state index contributed by atoms with van der Waals surface area (Å²) in [6.45, 7) is 5.27. The van der Waals surface area contributed by atoms with Crippen LogP contribution < -0.4 is 4.90 Å². The van der Waals surface area contributed by atoms with Crippen LogP contribution in [0.4, 0.5) is 5.69 Å². The monoisotopic (exact) mass is 449 g/mol. The molecule has 2 saturated heterocycles. The molecule has 0 saturated carbocycles. The molecule has 0 unspecified atom stereocenters. The summed E-state index contributed by atoms with van der Waals surface area (Å²) in [5.74, 6) is -0.117. The Morgan fingerprint density at radius 2 is 1.77 bits per heavy atom. The average molecular weight is 450 g/mol. The van der Waals surface area contributed by atoms with Gasteiger partial charge in [-0.1, -0.05) is 6.42 Å². The number of nitrogens with zero attached hydrogens (tertiary/aromatic N) is 3. The molecule has 31 heavy (non-hydrogen) atoms. The molecule has 170 valence electrons. The Kier molecular flexibility index (Phi) is 6.64. The molecule has 0 spiro atoms. The fourth-order valence-corrected chi connectivity index (χ4v) is 6.43. The van der Waals surface area contributed by atoms with E-state index in [1.807, 2.05) is 6.92 Å².